The monoisotopic (exact) mass is 207 g/mol. The van der Waals surface area contributed by atoms with E-state index >= 15 is 0 Å². The van der Waals surface area contributed by atoms with Crippen molar-refractivity contribution < 1.29 is 4.79 Å². The first kappa shape index (κ1) is 9.82. The van der Waals surface area contributed by atoms with E-state index in [1.807, 2.05) is 30.3 Å². The van der Waals surface area contributed by atoms with Crippen LogP contribution in [0.5, 0.6) is 0 Å². The quantitative estimate of drug-likeness (QED) is 0.756. The van der Waals surface area contributed by atoms with Crippen LogP contribution in [0.1, 0.15) is 12.8 Å². The number of hydrogen-bond donors (Lipinski definition) is 1. The summed E-state index contributed by atoms with van der Waals surface area (Å²) in [5.74, 6) is 0. The lowest BCUT2D eigenvalue weighted by Crippen LogP contribution is -2.28. The Morgan fingerprint density at radius 3 is 2.79 bits per heavy atom. The van der Waals surface area contributed by atoms with E-state index in [1.54, 1.807) is 0 Å². The molecule has 1 aliphatic heterocycles. The van der Waals surface area contributed by atoms with E-state index in [0.717, 1.165) is 24.7 Å². The summed E-state index contributed by atoms with van der Waals surface area (Å²) >= 11 is 0. The Bertz CT molecular complexity index is 306. The van der Waals surface area contributed by atoms with Crippen LogP contribution in [-0.2, 0) is 4.79 Å². The minimum absolute atomic E-state index is 0.119. The van der Waals surface area contributed by atoms with E-state index in [4.69, 9.17) is 0 Å². The molecule has 0 spiro atoms. The van der Waals surface area contributed by atoms with Crippen LogP contribution in [0, 0.1) is 0 Å². The zero-order valence-corrected chi connectivity index (χ0v) is 8.99. The molecule has 0 saturated carbocycles. The van der Waals surface area contributed by atoms with Gasteiger partial charge in [-0.1, -0.05) is 30.3 Å². The molecule has 0 aliphatic carbocycles. The Balaban J connectivity index is 1.94. The fourth-order valence-electron chi connectivity index (χ4n) is 1.66. The summed E-state index contributed by atoms with van der Waals surface area (Å²) in [6.07, 6.45) is 2.15. The standard InChI is InChI=1S/C11H14NOP/c13-11(10-7-4-8-12-10)14-9-5-2-1-3-6-9/h1-3,5-6,10,12,14H,4,7-8H2. The normalized spacial score (nSPS) is 21.9. The van der Waals surface area contributed by atoms with Gasteiger partial charge in [-0.15, -0.1) is 0 Å². The summed E-state index contributed by atoms with van der Waals surface area (Å²) in [5.41, 5.74) is 0.355. The van der Waals surface area contributed by atoms with Crippen molar-refractivity contribution in [2.45, 2.75) is 18.9 Å². The molecule has 0 bridgehead atoms. The van der Waals surface area contributed by atoms with E-state index in [2.05, 4.69) is 5.32 Å². The molecule has 1 aliphatic rings. The fourth-order valence-corrected chi connectivity index (χ4v) is 2.72. The first-order valence-corrected chi connectivity index (χ1v) is 5.95. The molecule has 2 nitrogen and oxygen atoms in total. The third kappa shape index (κ3) is 2.40. The van der Waals surface area contributed by atoms with Crippen molar-refractivity contribution in [2.75, 3.05) is 6.54 Å². The maximum absolute atomic E-state index is 11.8. The zero-order valence-electron chi connectivity index (χ0n) is 7.99. The molecule has 1 aromatic carbocycles. The lowest BCUT2D eigenvalue weighted by Gasteiger charge is -2.08. The van der Waals surface area contributed by atoms with Crippen molar-refractivity contribution in [1.29, 1.82) is 0 Å². The Kier molecular flexibility index (Phi) is 3.28. The minimum Gasteiger partial charge on any atom is -0.307 e. The van der Waals surface area contributed by atoms with Crippen LogP contribution in [-0.4, -0.2) is 18.1 Å². The maximum Gasteiger partial charge on any atom is 0.172 e. The highest BCUT2D eigenvalue weighted by Gasteiger charge is 2.21. The van der Waals surface area contributed by atoms with Crippen LogP contribution < -0.4 is 10.6 Å². The molecular formula is C11H14NOP. The van der Waals surface area contributed by atoms with Crippen LogP contribution in [0.3, 0.4) is 0 Å². The van der Waals surface area contributed by atoms with Crippen LogP contribution >= 0.6 is 8.58 Å². The molecule has 2 rings (SSSR count). The Labute approximate surface area is 85.9 Å². The highest BCUT2D eigenvalue weighted by molar-refractivity contribution is 7.65. The van der Waals surface area contributed by atoms with Crippen LogP contribution in [0.4, 0.5) is 0 Å². The van der Waals surface area contributed by atoms with Gasteiger partial charge < -0.3 is 5.32 Å². The Hall–Kier alpha value is -0.720. The van der Waals surface area contributed by atoms with Gasteiger partial charge in [-0.3, -0.25) is 4.79 Å². The van der Waals surface area contributed by atoms with Gasteiger partial charge in [0.1, 0.15) is 0 Å². The Morgan fingerprint density at radius 1 is 1.36 bits per heavy atom. The SMILES string of the molecule is O=C(Pc1ccccc1)C1CCCN1. The molecule has 1 saturated heterocycles. The summed E-state index contributed by atoms with van der Waals surface area (Å²) < 4.78 is 0. The number of rotatable bonds is 3. The second-order valence-electron chi connectivity index (χ2n) is 3.50. The number of carbonyl (C=O) groups is 1. The summed E-state index contributed by atoms with van der Waals surface area (Å²) in [6.45, 7) is 0.996. The number of carbonyl (C=O) groups excluding carboxylic acids is 1. The molecule has 0 radical (unpaired) electrons. The average molecular weight is 207 g/mol. The van der Waals surface area contributed by atoms with Crippen LogP contribution in [0.25, 0.3) is 0 Å². The predicted molar refractivity (Wildman–Crippen MR) is 60.4 cm³/mol. The van der Waals surface area contributed by atoms with E-state index < -0.39 is 0 Å². The first-order chi connectivity index (χ1) is 6.86. The minimum atomic E-state index is 0.119. The van der Waals surface area contributed by atoms with Gasteiger partial charge in [-0.25, -0.2) is 0 Å². The van der Waals surface area contributed by atoms with E-state index in [9.17, 15) is 4.79 Å². The first-order valence-electron chi connectivity index (χ1n) is 4.95. The molecule has 2 unspecified atom stereocenters. The van der Waals surface area contributed by atoms with Crippen molar-refractivity contribution in [2.24, 2.45) is 0 Å². The zero-order chi connectivity index (χ0) is 9.80. The van der Waals surface area contributed by atoms with Crippen molar-refractivity contribution in [1.82, 2.24) is 5.32 Å². The van der Waals surface area contributed by atoms with Crippen molar-refractivity contribution in [3.05, 3.63) is 30.3 Å². The summed E-state index contributed by atoms with van der Waals surface area (Å²) in [5, 5.41) is 4.38. The third-order valence-corrected chi connectivity index (χ3v) is 3.63. The van der Waals surface area contributed by atoms with Crippen LogP contribution in [0.15, 0.2) is 30.3 Å². The number of hydrogen-bond acceptors (Lipinski definition) is 2. The third-order valence-electron chi connectivity index (χ3n) is 2.42. The molecule has 2 atom stereocenters. The van der Waals surface area contributed by atoms with Crippen molar-refractivity contribution in [3.8, 4) is 0 Å². The molecule has 1 fully saturated rings. The smallest absolute Gasteiger partial charge is 0.172 e. The largest absolute Gasteiger partial charge is 0.307 e. The molecule has 1 aromatic rings. The van der Waals surface area contributed by atoms with Gasteiger partial charge in [0, 0.05) is 0 Å². The van der Waals surface area contributed by atoms with Gasteiger partial charge in [0.15, 0.2) is 5.52 Å². The molecular weight excluding hydrogens is 193 g/mol. The average Bonchev–Trinajstić information content (AvgIpc) is 2.72. The van der Waals surface area contributed by atoms with Gasteiger partial charge in [-0.2, -0.15) is 0 Å². The molecule has 3 heteroatoms. The molecule has 0 amide bonds. The van der Waals surface area contributed by atoms with E-state index in [0.29, 0.717) is 14.1 Å². The second-order valence-corrected chi connectivity index (χ2v) is 4.82. The highest BCUT2D eigenvalue weighted by atomic mass is 31.1. The maximum atomic E-state index is 11.8. The highest BCUT2D eigenvalue weighted by Crippen LogP contribution is 2.18. The molecule has 14 heavy (non-hydrogen) atoms. The fraction of sp³-hybridized carbons (Fsp3) is 0.364. The summed E-state index contributed by atoms with van der Waals surface area (Å²) in [7, 11) is 0.311. The summed E-state index contributed by atoms with van der Waals surface area (Å²) in [6, 6.07) is 10.1. The van der Waals surface area contributed by atoms with Gasteiger partial charge >= 0.3 is 0 Å². The predicted octanol–water partition coefficient (Wildman–Crippen LogP) is 1.27. The van der Waals surface area contributed by atoms with Gasteiger partial charge in [0.25, 0.3) is 0 Å². The van der Waals surface area contributed by atoms with Gasteiger partial charge in [0.05, 0.1) is 6.04 Å². The van der Waals surface area contributed by atoms with Gasteiger partial charge in [0.2, 0.25) is 0 Å². The molecule has 1 heterocycles. The lowest BCUT2D eigenvalue weighted by molar-refractivity contribution is -0.112. The van der Waals surface area contributed by atoms with Crippen molar-refractivity contribution >= 4 is 19.4 Å². The van der Waals surface area contributed by atoms with E-state index in [1.165, 1.54) is 0 Å². The second kappa shape index (κ2) is 4.68. The molecule has 1 N–H and O–H groups in total. The van der Waals surface area contributed by atoms with Gasteiger partial charge in [-0.05, 0) is 33.3 Å². The topological polar surface area (TPSA) is 29.1 Å². The van der Waals surface area contributed by atoms with Crippen molar-refractivity contribution in [3.63, 3.8) is 0 Å². The van der Waals surface area contributed by atoms with E-state index in [-0.39, 0.29) is 6.04 Å². The summed E-state index contributed by atoms with van der Waals surface area (Å²) in [4.78, 5) is 11.8. The van der Waals surface area contributed by atoms with Crippen LogP contribution in [0.2, 0.25) is 0 Å². The Morgan fingerprint density at radius 2 is 2.14 bits per heavy atom. The molecule has 0 aromatic heterocycles. The molecule has 74 valence electrons. The number of nitrogens with one attached hydrogen (secondary N) is 1. The number of benzene rings is 1. The lowest BCUT2D eigenvalue weighted by atomic mass is 10.2.